The minimum absolute atomic E-state index is 0.00873. The lowest BCUT2D eigenvalue weighted by atomic mass is 9.98. The number of hydrogen-bond donors (Lipinski definition) is 2. The predicted octanol–water partition coefficient (Wildman–Crippen LogP) is 2.06. The van der Waals surface area contributed by atoms with Crippen LogP contribution in [0.3, 0.4) is 0 Å². The highest BCUT2D eigenvalue weighted by atomic mass is 16.3. The van der Waals surface area contributed by atoms with Gasteiger partial charge in [0.1, 0.15) is 0 Å². The molecule has 2 N–H and O–H groups in total. The summed E-state index contributed by atoms with van der Waals surface area (Å²) < 4.78 is 0. The first-order chi connectivity index (χ1) is 11.4. The van der Waals surface area contributed by atoms with Crippen molar-refractivity contribution < 1.29 is 9.90 Å². The molecule has 0 radical (unpaired) electrons. The molecule has 0 aromatic heterocycles. The monoisotopic (exact) mass is 333 g/mol. The molecular formula is C19H31N3O2. The van der Waals surface area contributed by atoms with E-state index in [1.54, 1.807) is 11.8 Å². The molecule has 0 bridgehead atoms. The molecule has 1 saturated heterocycles. The second-order valence-corrected chi connectivity index (χ2v) is 6.86. The summed E-state index contributed by atoms with van der Waals surface area (Å²) >= 11 is 0. The summed E-state index contributed by atoms with van der Waals surface area (Å²) in [6.07, 6.45) is -0.523. The standard InChI is InChI=1S/C19H31N3O2/c1-5-21(13-15(4)23)19(24)17-12-16(14(2)3)6-7-18(17)22-10-8-20-9-11-22/h6-7,12,14-15,20,23H,5,8-11,13H2,1-4H3. The lowest BCUT2D eigenvalue weighted by Crippen LogP contribution is -2.45. The molecule has 1 aliphatic rings. The number of nitrogens with one attached hydrogen (secondary N) is 1. The average Bonchev–Trinajstić information content (AvgIpc) is 2.59. The number of carbonyl (C=O) groups is 1. The Morgan fingerprint density at radius 2 is 1.96 bits per heavy atom. The Kier molecular flexibility index (Phi) is 6.63. The van der Waals surface area contributed by atoms with Gasteiger partial charge in [-0.2, -0.15) is 0 Å². The van der Waals surface area contributed by atoms with Crippen LogP contribution in [-0.2, 0) is 0 Å². The number of aliphatic hydroxyl groups is 1. The van der Waals surface area contributed by atoms with E-state index in [4.69, 9.17) is 0 Å². The lowest BCUT2D eigenvalue weighted by Gasteiger charge is -2.32. The van der Waals surface area contributed by atoms with E-state index in [0.717, 1.165) is 37.4 Å². The number of piperazine rings is 1. The number of likely N-dealkylation sites (N-methyl/N-ethyl adjacent to an activating group) is 1. The highest BCUT2D eigenvalue weighted by Gasteiger charge is 2.23. The van der Waals surface area contributed by atoms with Gasteiger partial charge in [0.2, 0.25) is 0 Å². The summed E-state index contributed by atoms with van der Waals surface area (Å²) in [6.45, 7) is 12.6. The van der Waals surface area contributed by atoms with E-state index in [-0.39, 0.29) is 5.91 Å². The van der Waals surface area contributed by atoms with Gasteiger partial charge in [0.25, 0.3) is 5.91 Å². The van der Waals surface area contributed by atoms with E-state index in [2.05, 4.69) is 36.2 Å². The quantitative estimate of drug-likeness (QED) is 0.837. The van der Waals surface area contributed by atoms with Crippen LogP contribution in [0, 0.1) is 0 Å². The zero-order valence-electron chi connectivity index (χ0n) is 15.4. The summed E-state index contributed by atoms with van der Waals surface area (Å²) in [5.41, 5.74) is 2.94. The molecule has 5 nitrogen and oxygen atoms in total. The number of rotatable bonds is 6. The fraction of sp³-hybridized carbons (Fsp3) is 0.632. The first-order valence-corrected chi connectivity index (χ1v) is 9.01. The third-order valence-electron chi connectivity index (χ3n) is 4.53. The molecule has 1 amide bonds. The maximum Gasteiger partial charge on any atom is 0.256 e. The number of benzene rings is 1. The minimum Gasteiger partial charge on any atom is -0.392 e. The third-order valence-corrected chi connectivity index (χ3v) is 4.53. The molecule has 24 heavy (non-hydrogen) atoms. The molecule has 5 heteroatoms. The Morgan fingerprint density at radius 3 is 2.50 bits per heavy atom. The van der Waals surface area contributed by atoms with Gasteiger partial charge in [0.05, 0.1) is 11.7 Å². The fourth-order valence-electron chi connectivity index (χ4n) is 3.11. The molecule has 0 aliphatic carbocycles. The molecule has 0 saturated carbocycles. The van der Waals surface area contributed by atoms with Gasteiger partial charge in [0, 0.05) is 45.0 Å². The highest BCUT2D eigenvalue weighted by molar-refractivity contribution is 6.00. The summed E-state index contributed by atoms with van der Waals surface area (Å²) in [4.78, 5) is 17.1. The number of anilines is 1. The van der Waals surface area contributed by atoms with Crippen molar-refractivity contribution in [3.63, 3.8) is 0 Å². The Bertz CT molecular complexity index is 552. The molecule has 1 aromatic carbocycles. The van der Waals surface area contributed by atoms with Gasteiger partial charge in [0.15, 0.2) is 0 Å². The lowest BCUT2D eigenvalue weighted by molar-refractivity contribution is 0.0660. The van der Waals surface area contributed by atoms with Crippen molar-refractivity contribution in [1.29, 1.82) is 0 Å². The molecule has 1 heterocycles. The number of carbonyl (C=O) groups excluding carboxylic acids is 1. The second-order valence-electron chi connectivity index (χ2n) is 6.86. The van der Waals surface area contributed by atoms with Crippen molar-refractivity contribution in [2.24, 2.45) is 0 Å². The molecule has 1 atom stereocenters. The van der Waals surface area contributed by atoms with Crippen LogP contribution in [0.15, 0.2) is 18.2 Å². The van der Waals surface area contributed by atoms with Gasteiger partial charge in [-0.05, 0) is 37.5 Å². The van der Waals surface area contributed by atoms with Crippen LogP contribution < -0.4 is 10.2 Å². The molecular weight excluding hydrogens is 302 g/mol. The van der Waals surface area contributed by atoms with Gasteiger partial charge in [-0.1, -0.05) is 19.9 Å². The number of aliphatic hydroxyl groups excluding tert-OH is 1. The average molecular weight is 333 g/mol. The predicted molar refractivity (Wildman–Crippen MR) is 98.9 cm³/mol. The number of nitrogens with zero attached hydrogens (tertiary/aromatic N) is 2. The Balaban J connectivity index is 2.39. The van der Waals surface area contributed by atoms with Crippen LogP contribution in [-0.4, -0.2) is 61.3 Å². The third kappa shape index (κ3) is 4.48. The molecule has 0 spiro atoms. The second kappa shape index (κ2) is 8.49. The van der Waals surface area contributed by atoms with Crippen molar-refractivity contribution in [3.8, 4) is 0 Å². The summed E-state index contributed by atoms with van der Waals surface area (Å²) in [5.74, 6) is 0.384. The molecule has 2 rings (SSSR count). The van der Waals surface area contributed by atoms with E-state index >= 15 is 0 Å². The number of hydrogen-bond acceptors (Lipinski definition) is 4. The van der Waals surface area contributed by atoms with Gasteiger partial charge in [-0.3, -0.25) is 4.79 Å². The fourth-order valence-corrected chi connectivity index (χ4v) is 3.11. The molecule has 1 aliphatic heterocycles. The van der Waals surface area contributed by atoms with Crippen LogP contribution >= 0.6 is 0 Å². The van der Waals surface area contributed by atoms with Crippen molar-refractivity contribution in [2.45, 2.75) is 39.7 Å². The van der Waals surface area contributed by atoms with Crippen molar-refractivity contribution in [2.75, 3.05) is 44.2 Å². The van der Waals surface area contributed by atoms with E-state index in [0.29, 0.717) is 19.0 Å². The first-order valence-electron chi connectivity index (χ1n) is 9.01. The van der Waals surface area contributed by atoms with Crippen LogP contribution in [0.1, 0.15) is 49.5 Å². The van der Waals surface area contributed by atoms with Crippen molar-refractivity contribution >= 4 is 11.6 Å². The zero-order chi connectivity index (χ0) is 17.7. The van der Waals surface area contributed by atoms with Crippen LogP contribution in [0.25, 0.3) is 0 Å². The Labute approximate surface area is 145 Å². The highest BCUT2D eigenvalue weighted by Crippen LogP contribution is 2.27. The number of amides is 1. The molecule has 1 unspecified atom stereocenters. The summed E-state index contributed by atoms with van der Waals surface area (Å²) in [6, 6.07) is 6.25. The Hall–Kier alpha value is -1.59. The molecule has 1 aromatic rings. The largest absolute Gasteiger partial charge is 0.392 e. The van der Waals surface area contributed by atoms with Crippen molar-refractivity contribution in [3.05, 3.63) is 29.3 Å². The van der Waals surface area contributed by atoms with Crippen LogP contribution in [0.2, 0.25) is 0 Å². The Morgan fingerprint density at radius 1 is 1.29 bits per heavy atom. The molecule has 134 valence electrons. The van der Waals surface area contributed by atoms with Gasteiger partial charge >= 0.3 is 0 Å². The first kappa shape index (κ1) is 18.7. The van der Waals surface area contributed by atoms with Crippen LogP contribution in [0.4, 0.5) is 5.69 Å². The summed E-state index contributed by atoms with van der Waals surface area (Å²) in [5, 5.41) is 13.1. The van der Waals surface area contributed by atoms with E-state index in [1.165, 1.54) is 5.56 Å². The zero-order valence-corrected chi connectivity index (χ0v) is 15.4. The van der Waals surface area contributed by atoms with Crippen molar-refractivity contribution in [1.82, 2.24) is 10.2 Å². The topological polar surface area (TPSA) is 55.8 Å². The maximum atomic E-state index is 13.1. The van der Waals surface area contributed by atoms with E-state index < -0.39 is 6.10 Å². The van der Waals surface area contributed by atoms with Gasteiger partial charge in [-0.25, -0.2) is 0 Å². The maximum absolute atomic E-state index is 13.1. The SMILES string of the molecule is CCN(CC(C)O)C(=O)c1cc(C(C)C)ccc1N1CCNCC1. The van der Waals surface area contributed by atoms with Crippen LogP contribution in [0.5, 0.6) is 0 Å². The summed E-state index contributed by atoms with van der Waals surface area (Å²) in [7, 11) is 0. The smallest absolute Gasteiger partial charge is 0.256 e. The normalized spacial score (nSPS) is 16.3. The van der Waals surface area contributed by atoms with Gasteiger partial charge < -0.3 is 20.2 Å². The van der Waals surface area contributed by atoms with E-state index in [1.807, 2.05) is 13.0 Å². The van der Waals surface area contributed by atoms with E-state index in [9.17, 15) is 9.90 Å². The minimum atomic E-state index is -0.523. The molecule has 1 fully saturated rings. The van der Waals surface area contributed by atoms with Gasteiger partial charge in [-0.15, -0.1) is 0 Å².